The molecule has 3 unspecified atom stereocenters. The van der Waals surface area contributed by atoms with Crippen molar-refractivity contribution in [3.8, 4) is 0 Å². The van der Waals surface area contributed by atoms with Gasteiger partial charge in [0, 0.05) is 12.6 Å². The van der Waals surface area contributed by atoms with Gasteiger partial charge in [-0.1, -0.05) is 11.6 Å². The van der Waals surface area contributed by atoms with E-state index >= 15 is 0 Å². The maximum Gasteiger partial charge on any atom is 0.433 e. The molecule has 0 N–H and O–H groups in total. The molecule has 10 heteroatoms. The van der Waals surface area contributed by atoms with Gasteiger partial charge in [0.25, 0.3) is 5.91 Å². The summed E-state index contributed by atoms with van der Waals surface area (Å²) in [5.41, 5.74) is -0.504. The van der Waals surface area contributed by atoms with Crippen molar-refractivity contribution in [3.05, 3.63) is 34.1 Å². The van der Waals surface area contributed by atoms with Crippen LogP contribution in [0.4, 0.5) is 13.2 Å². The van der Waals surface area contributed by atoms with Gasteiger partial charge < -0.3 is 9.80 Å². The van der Waals surface area contributed by atoms with Crippen molar-refractivity contribution in [2.75, 3.05) is 13.1 Å². The quantitative estimate of drug-likeness (QED) is 0.601. The predicted molar refractivity (Wildman–Crippen MR) is 121 cm³/mol. The zero-order valence-corrected chi connectivity index (χ0v) is 19.9. The highest BCUT2D eigenvalue weighted by Crippen LogP contribution is 2.54. The van der Waals surface area contributed by atoms with Crippen molar-refractivity contribution in [2.24, 2.45) is 17.8 Å². The third-order valence-electron chi connectivity index (χ3n) is 8.68. The van der Waals surface area contributed by atoms with Gasteiger partial charge in [0.05, 0.1) is 16.6 Å². The molecular formula is C25H26ClF3N4O2. The van der Waals surface area contributed by atoms with Crippen molar-refractivity contribution in [1.29, 1.82) is 0 Å². The molecule has 186 valence electrons. The largest absolute Gasteiger partial charge is 0.433 e. The Balaban J connectivity index is 1.21. The van der Waals surface area contributed by atoms with E-state index in [9.17, 15) is 22.8 Å². The molecule has 2 aromatic rings. The topological polar surface area (TPSA) is 57.9 Å². The second-order valence-corrected chi connectivity index (χ2v) is 11.6. The third-order valence-corrected chi connectivity index (χ3v) is 9.05. The van der Waals surface area contributed by atoms with Crippen LogP contribution in [0.15, 0.2) is 12.1 Å². The normalized spacial score (nSPS) is 30.8. The van der Waals surface area contributed by atoms with E-state index in [0.29, 0.717) is 18.0 Å². The molecule has 2 aromatic heterocycles. The number of amides is 2. The summed E-state index contributed by atoms with van der Waals surface area (Å²) in [7, 11) is 0. The summed E-state index contributed by atoms with van der Waals surface area (Å²) in [4.78, 5) is 30.3. The number of carbonyl (C=O) groups is 2. The minimum absolute atomic E-state index is 0.0364. The van der Waals surface area contributed by atoms with Crippen LogP contribution < -0.4 is 0 Å². The Hall–Kier alpha value is -2.29. The lowest BCUT2D eigenvalue weighted by Gasteiger charge is -2.44. The number of halogens is 4. The first-order valence-corrected chi connectivity index (χ1v) is 13.0. The number of aromatic nitrogens is 2. The molecule has 5 aliphatic rings. The number of pyridine rings is 1. The fourth-order valence-electron chi connectivity index (χ4n) is 6.48. The van der Waals surface area contributed by atoms with E-state index in [1.807, 2.05) is 4.90 Å². The molecular weight excluding hydrogens is 481 g/mol. The average molecular weight is 507 g/mol. The monoisotopic (exact) mass is 506 g/mol. The molecule has 5 fully saturated rings. The maximum absolute atomic E-state index is 13.8. The second kappa shape index (κ2) is 7.37. The molecule has 4 saturated carbocycles. The van der Waals surface area contributed by atoms with Crippen molar-refractivity contribution in [3.63, 3.8) is 0 Å². The molecule has 3 heterocycles. The third kappa shape index (κ3) is 3.64. The van der Waals surface area contributed by atoms with E-state index in [1.165, 1.54) is 11.3 Å². The van der Waals surface area contributed by atoms with E-state index in [2.05, 4.69) is 5.10 Å². The molecule has 0 spiro atoms. The molecule has 35 heavy (non-hydrogen) atoms. The number of rotatable bonds is 4. The first-order chi connectivity index (χ1) is 16.7. The molecule has 2 amide bonds. The lowest BCUT2D eigenvalue weighted by atomic mass is 10.00. The van der Waals surface area contributed by atoms with Crippen LogP contribution >= 0.6 is 11.6 Å². The molecule has 0 radical (unpaired) electrons. The van der Waals surface area contributed by atoms with Crippen molar-refractivity contribution in [2.45, 2.75) is 69.1 Å². The zero-order chi connectivity index (χ0) is 24.2. The summed E-state index contributed by atoms with van der Waals surface area (Å²) in [5.74, 6) is 1.30. The number of fused-ring (bicyclic) bond motifs is 2. The van der Waals surface area contributed by atoms with Crippen molar-refractivity contribution in [1.82, 2.24) is 19.4 Å². The van der Waals surface area contributed by atoms with Crippen LogP contribution in [0.3, 0.4) is 0 Å². The van der Waals surface area contributed by atoms with Crippen LogP contribution in [0, 0.1) is 17.8 Å². The highest BCUT2D eigenvalue weighted by molar-refractivity contribution is 6.36. The fourth-order valence-corrected chi connectivity index (χ4v) is 6.74. The maximum atomic E-state index is 13.8. The Morgan fingerprint density at radius 1 is 1.03 bits per heavy atom. The number of nitrogens with zero attached hydrogens (tertiary/aromatic N) is 4. The molecule has 6 nitrogen and oxygen atoms in total. The van der Waals surface area contributed by atoms with E-state index in [1.54, 1.807) is 6.07 Å². The Morgan fingerprint density at radius 2 is 1.74 bits per heavy atom. The van der Waals surface area contributed by atoms with E-state index in [0.717, 1.165) is 60.9 Å². The van der Waals surface area contributed by atoms with Crippen LogP contribution in [-0.2, 0) is 11.0 Å². The lowest BCUT2D eigenvalue weighted by molar-refractivity contribution is -0.143. The molecule has 1 aliphatic heterocycles. The Bertz CT molecular complexity index is 1240. The van der Waals surface area contributed by atoms with E-state index < -0.39 is 17.8 Å². The highest BCUT2D eigenvalue weighted by Gasteiger charge is 2.53. The molecule has 7 rings (SSSR count). The first-order valence-electron chi connectivity index (χ1n) is 12.6. The van der Waals surface area contributed by atoms with Gasteiger partial charge in [0.1, 0.15) is 12.2 Å². The first kappa shape index (κ1) is 21.9. The summed E-state index contributed by atoms with van der Waals surface area (Å²) in [6.45, 7) is 0.294. The van der Waals surface area contributed by atoms with Crippen LogP contribution in [0.1, 0.15) is 72.6 Å². The molecule has 3 atom stereocenters. The highest BCUT2D eigenvalue weighted by atomic mass is 35.5. The molecule has 1 saturated heterocycles. The van der Waals surface area contributed by atoms with Gasteiger partial charge >= 0.3 is 6.18 Å². The lowest BCUT2D eigenvalue weighted by Crippen LogP contribution is -2.61. The number of hydrogen-bond acceptors (Lipinski definition) is 3. The van der Waals surface area contributed by atoms with Gasteiger partial charge in [0.2, 0.25) is 5.91 Å². The van der Waals surface area contributed by atoms with Gasteiger partial charge in [-0.3, -0.25) is 9.59 Å². The van der Waals surface area contributed by atoms with Crippen LogP contribution in [0.25, 0.3) is 5.52 Å². The Morgan fingerprint density at radius 3 is 2.37 bits per heavy atom. The van der Waals surface area contributed by atoms with Crippen LogP contribution in [0.2, 0.25) is 5.02 Å². The summed E-state index contributed by atoms with van der Waals surface area (Å²) < 4.78 is 42.3. The summed E-state index contributed by atoms with van der Waals surface area (Å²) >= 11 is 6.50. The van der Waals surface area contributed by atoms with Crippen LogP contribution in [-0.4, -0.2) is 56.4 Å². The Labute approximate surface area is 205 Å². The van der Waals surface area contributed by atoms with Gasteiger partial charge in [-0.25, -0.2) is 4.52 Å². The fraction of sp³-hybridized carbons (Fsp3) is 0.640. The predicted octanol–water partition coefficient (Wildman–Crippen LogP) is 4.75. The average Bonchev–Trinajstić information content (AvgIpc) is 3.71. The molecule has 4 aliphatic carbocycles. The number of alkyl halides is 3. The Kier molecular flexibility index (Phi) is 4.62. The van der Waals surface area contributed by atoms with Gasteiger partial charge in [-0.05, 0) is 86.3 Å². The van der Waals surface area contributed by atoms with Crippen molar-refractivity contribution < 1.29 is 22.8 Å². The van der Waals surface area contributed by atoms with E-state index in [4.69, 9.17) is 11.6 Å². The van der Waals surface area contributed by atoms with E-state index in [-0.39, 0.29) is 46.7 Å². The molecule has 0 bridgehead atoms. The minimum Gasteiger partial charge on any atom is -0.333 e. The zero-order valence-electron chi connectivity index (χ0n) is 19.1. The summed E-state index contributed by atoms with van der Waals surface area (Å²) in [5, 5.41) is 3.96. The van der Waals surface area contributed by atoms with Gasteiger partial charge in [0.15, 0.2) is 5.69 Å². The molecule has 0 aromatic carbocycles. The summed E-state index contributed by atoms with van der Waals surface area (Å²) in [6, 6.07) is 2.94. The van der Waals surface area contributed by atoms with Crippen molar-refractivity contribution >= 4 is 28.9 Å². The van der Waals surface area contributed by atoms with Gasteiger partial charge in [-0.2, -0.15) is 18.3 Å². The number of piperazine rings is 1. The summed E-state index contributed by atoms with van der Waals surface area (Å²) in [6.07, 6.45) is 2.47. The van der Waals surface area contributed by atoms with Crippen LogP contribution in [0.5, 0.6) is 0 Å². The minimum atomic E-state index is -4.64. The smallest absolute Gasteiger partial charge is 0.333 e. The number of carbonyl (C=O) groups excluding carboxylic acids is 2. The van der Waals surface area contributed by atoms with Gasteiger partial charge in [-0.15, -0.1) is 0 Å². The number of hydrogen-bond donors (Lipinski definition) is 0. The standard InChI is InChI=1S/C25H26ClF3N4O2/c26-22-18-8-16(12-1-2-12)9-20(25(27,28)29)33(18)30-23(22)24(35)31-10-19(13-3-4-13)32(21(34)11-31)17-6-14-5-15(14)7-17/h8-9,12-15,17,19H,1-7,10-11H2. The SMILES string of the molecule is O=C(c1nn2c(C(F)(F)F)cc(C3CC3)cc2c1Cl)N1CC(=O)N(C2CC3CC3C2)C(C2CC2)C1. The second-order valence-electron chi connectivity index (χ2n) is 11.2.